The van der Waals surface area contributed by atoms with E-state index in [0.29, 0.717) is 57.4 Å². The Hall–Kier alpha value is -2.33. The highest BCUT2D eigenvalue weighted by Gasteiger charge is 2.32. The Balaban J connectivity index is 1.48. The topological polar surface area (TPSA) is 95.9 Å². The summed E-state index contributed by atoms with van der Waals surface area (Å²) in [6.45, 7) is 3.19. The SMILES string of the molecule is O=C(C1=C[C@H](c2ccc3c(c2)OCO3)C[C@H](OCCOCCO)O1)N1CCOCC1. The van der Waals surface area contributed by atoms with Crippen molar-refractivity contribution in [3.63, 3.8) is 0 Å². The lowest BCUT2D eigenvalue weighted by Gasteiger charge is -2.33. The molecule has 1 aromatic rings. The molecule has 0 saturated carbocycles. The number of rotatable bonds is 8. The number of ether oxygens (including phenoxy) is 6. The molecule has 0 radical (unpaired) electrons. The van der Waals surface area contributed by atoms with E-state index in [1.54, 1.807) is 4.90 Å². The van der Waals surface area contributed by atoms with Gasteiger partial charge in [0.05, 0.1) is 39.6 Å². The van der Waals surface area contributed by atoms with Gasteiger partial charge in [-0.15, -0.1) is 0 Å². The van der Waals surface area contributed by atoms with E-state index < -0.39 is 6.29 Å². The van der Waals surface area contributed by atoms with Crippen LogP contribution in [0.2, 0.25) is 0 Å². The van der Waals surface area contributed by atoms with Crippen molar-refractivity contribution in [2.24, 2.45) is 0 Å². The van der Waals surface area contributed by atoms with Crippen molar-refractivity contribution in [2.45, 2.75) is 18.6 Å². The van der Waals surface area contributed by atoms with Crippen LogP contribution in [0.25, 0.3) is 0 Å². The summed E-state index contributed by atoms with van der Waals surface area (Å²) in [4.78, 5) is 14.7. The first kappa shape index (κ1) is 20.9. The van der Waals surface area contributed by atoms with Crippen LogP contribution in [0.3, 0.4) is 0 Å². The first-order chi connectivity index (χ1) is 14.7. The number of hydrogen-bond donors (Lipinski definition) is 1. The van der Waals surface area contributed by atoms with E-state index >= 15 is 0 Å². The van der Waals surface area contributed by atoms with Crippen LogP contribution in [-0.4, -0.2) is 81.7 Å². The van der Waals surface area contributed by atoms with Crippen LogP contribution in [0.15, 0.2) is 30.0 Å². The van der Waals surface area contributed by atoms with E-state index in [1.165, 1.54) is 0 Å². The quantitative estimate of drug-likeness (QED) is 0.622. The third-order valence-electron chi connectivity index (χ3n) is 5.16. The van der Waals surface area contributed by atoms with Crippen molar-refractivity contribution in [3.05, 3.63) is 35.6 Å². The fourth-order valence-corrected chi connectivity index (χ4v) is 3.61. The lowest BCUT2D eigenvalue weighted by Crippen LogP contribution is -2.43. The van der Waals surface area contributed by atoms with Gasteiger partial charge in [0.15, 0.2) is 17.3 Å². The lowest BCUT2D eigenvalue weighted by atomic mass is 9.92. The van der Waals surface area contributed by atoms with Crippen molar-refractivity contribution in [1.29, 1.82) is 0 Å². The van der Waals surface area contributed by atoms with Crippen LogP contribution < -0.4 is 9.47 Å². The number of hydrogen-bond acceptors (Lipinski definition) is 8. The van der Waals surface area contributed by atoms with E-state index in [0.717, 1.165) is 5.56 Å². The van der Waals surface area contributed by atoms with Crippen LogP contribution in [-0.2, 0) is 23.7 Å². The fourth-order valence-electron chi connectivity index (χ4n) is 3.61. The van der Waals surface area contributed by atoms with Gasteiger partial charge in [0.2, 0.25) is 13.1 Å². The van der Waals surface area contributed by atoms with Crippen LogP contribution in [0, 0.1) is 0 Å². The molecule has 9 nitrogen and oxygen atoms in total. The zero-order chi connectivity index (χ0) is 20.8. The molecule has 1 N–H and O–H groups in total. The molecular weight excluding hydrogens is 394 g/mol. The minimum absolute atomic E-state index is 0.0347. The number of fused-ring (bicyclic) bond motifs is 1. The number of carbonyl (C=O) groups excluding carboxylic acids is 1. The summed E-state index contributed by atoms with van der Waals surface area (Å²) in [5.74, 6) is 1.47. The Labute approximate surface area is 175 Å². The van der Waals surface area contributed by atoms with Crippen molar-refractivity contribution in [3.8, 4) is 11.5 Å². The largest absolute Gasteiger partial charge is 0.459 e. The second-order valence-corrected chi connectivity index (χ2v) is 7.14. The zero-order valence-electron chi connectivity index (χ0n) is 16.8. The summed E-state index contributed by atoms with van der Waals surface area (Å²) in [6, 6.07) is 5.79. The van der Waals surface area contributed by atoms with Crippen molar-refractivity contribution >= 4 is 5.91 Å². The Morgan fingerprint density at radius 2 is 1.97 bits per heavy atom. The summed E-state index contributed by atoms with van der Waals surface area (Å²) >= 11 is 0. The number of benzene rings is 1. The first-order valence-corrected chi connectivity index (χ1v) is 10.2. The van der Waals surface area contributed by atoms with Gasteiger partial charge in [0, 0.05) is 25.4 Å². The molecular formula is C21H27NO8. The molecule has 0 spiro atoms. The molecule has 164 valence electrons. The third-order valence-corrected chi connectivity index (χ3v) is 5.16. The molecule has 3 aliphatic rings. The number of morpholine rings is 1. The third kappa shape index (κ3) is 5.04. The maximum absolute atomic E-state index is 13.0. The molecule has 0 aromatic heterocycles. The maximum atomic E-state index is 13.0. The van der Waals surface area contributed by atoms with Gasteiger partial charge >= 0.3 is 0 Å². The van der Waals surface area contributed by atoms with Crippen LogP contribution >= 0.6 is 0 Å². The van der Waals surface area contributed by atoms with Gasteiger partial charge in [-0.25, -0.2) is 0 Å². The van der Waals surface area contributed by atoms with Crippen molar-refractivity contribution < 1.29 is 38.3 Å². The van der Waals surface area contributed by atoms with Gasteiger partial charge in [-0.3, -0.25) is 4.79 Å². The zero-order valence-corrected chi connectivity index (χ0v) is 16.8. The molecule has 4 rings (SSSR count). The molecule has 30 heavy (non-hydrogen) atoms. The van der Waals surface area contributed by atoms with E-state index in [2.05, 4.69) is 0 Å². The van der Waals surface area contributed by atoms with Gasteiger partial charge in [0.1, 0.15) is 0 Å². The average Bonchev–Trinajstić information content (AvgIpc) is 3.27. The molecule has 3 aliphatic heterocycles. The minimum atomic E-state index is -0.580. The number of aliphatic hydroxyl groups excluding tert-OH is 1. The van der Waals surface area contributed by atoms with E-state index in [9.17, 15) is 4.79 Å². The molecule has 0 unspecified atom stereocenters. The fraction of sp³-hybridized carbons (Fsp3) is 0.571. The highest BCUT2D eigenvalue weighted by atomic mass is 16.7. The van der Waals surface area contributed by atoms with Gasteiger partial charge in [0.25, 0.3) is 5.91 Å². The second kappa shape index (κ2) is 10.1. The molecule has 3 heterocycles. The Kier molecular flexibility index (Phi) is 7.06. The van der Waals surface area contributed by atoms with E-state index in [-0.39, 0.29) is 37.6 Å². The van der Waals surface area contributed by atoms with Gasteiger partial charge in [-0.2, -0.15) is 0 Å². The monoisotopic (exact) mass is 421 g/mol. The van der Waals surface area contributed by atoms with Crippen molar-refractivity contribution in [1.82, 2.24) is 4.90 Å². The number of amides is 1. The summed E-state index contributed by atoms with van der Waals surface area (Å²) < 4.78 is 33.2. The Morgan fingerprint density at radius 3 is 2.80 bits per heavy atom. The first-order valence-electron chi connectivity index (χ1n) is 10.2. The number of allylic oxidation sites excluding steroid dienone is 1. The maximum Gasteiger partial charge on any atom is 0.288 e. The summed E-state index contributed by atoms with van der Waals surface area (Å²) in [6.07, 6.45) is 1.83. The van der Waals surface area contributed by atoms with Gasteiger partial charge < -0.3 is 38.4 Å². The average molecular weight is 421 g/mol. The lowest BCUT2D eigenvalue weighted by molar-refractivity contribution is -0.158. The van der Waals surface area contributed by atoms with Gasteiger partial charge in [-0.05, 0) is 23.8 Å². The predicted octanol–water partition coefficient (Wildman–Crippen LogP) is 1.01. The van der Waals surface area contributed by atoms with Crippen LogP contribution in [0.1, 0.15) is 17.9 Å². The smallest absolute Gasteiger partial charge is 0.288 e. The van der Waals surface area contributed by atoms with Crippen molar-refractivity contribution in [2.75, 3.05) is 59.5 Å². The molecule has 0 aliphatic carbocycles. The summed E-state index contributed by atoms with van der Waals surface area (Å²) in [5, 5.41) is 8.79. The molecule has 1 fully saturated rings. The summed E-state index contributed by atoms with van der Waals surface area (Å²) in [5.41, 5.74) is 1.000. The normalized spacial score (nSPS) is 23.1. The molecule has 9 heteroatoms. The highest BCUT2D eigenvalue weighted by Crippen LogP contribution is 2.38. The highest BCUT2D eigenvalue weighted by molar-refractivity contribution is 5.91. The number of nitrogens with zero attached hydrogens (tertiary/aromatic N) is 1. The predicted molar refractivity (Wildman–Crippen MR) is 104 cm³/mol. The molecule has 1 amide bonds. The van der Waals surface area contributed by atoms with Gasteiger partial charge in [-0.1, -0.05) is 6.07 Å². The number of carbonyl (C=O) groups is 1. The molecule has 0 bridgehead atoms. The molecule has 1 saturated heterocycles. The molecule has 2 atom stereocenters. The van der Waals surface area contributed by atoms with E-state index in [1.807, 2.05) is 24.3 Å². The number of aliphatic hydroxyl groups is 1. The standard InChI is InChI=1S/C21H27NO8/c23-5-8-26-9-10-27-20-13-16(15-1-2-17-18(11-15)29-14-28-17)12-19(30-20)21(24)22-3-6-25-7-4-22/h1-2,11-12,16,20,23H,3-10,13-14H2/t16-,20+/m0/s1. The minimum Gasteiger partial charge on any atom is -0.459 e. The Bertz CT molecular complexity index is 761. The van der Waals surface area contributed by atoms with Crippen LogP contribution in [0.4, 0.5) is 0 Å². The van der Waals surface area contributed by atoms with E-state index in [4.69, 9.17) is 33.5 Å². The summed E-state index contributed by atoms with van der Waals surface area (Å²) in [7, 11) is 0. The Morgan fingerprint density at radius 1 is 1.13 bits per heavy atom. The second-order valence-electron chi connectivity index (χ2n) is 7.14. The van der Waals surface area contributed by atoms with Crippen LogP contribution in [0.5, 0.6) is 11.5 Å². The molecule has 1 aromatic carbocycles.